The van der Waals surface area contributed by atoms with Gasteiger partial charge in [-0.05, 0) is 54.5 Å². The second-order valence-electron chi connectivity index (χ2n) is 9.38. The number of hydrogen-bond acceptors (Lipinski definition) is 4. The van der Waals surface area contributed by atoms with Gasteiger partial charge < -0.3 is 5.32 Å². The monoisotopic (exact) mass is 529 g/mol. The number of halogens is 4. The average Bonchev–Trinajstić information content (AvgIpc) is 3.53. The van der Waals surface area contributed by atoms with Gasteiger partial charge >= 0.3 is 6.18 Å². The molecule has 1 aliphatic carbocycles. The van der Waals surface area contributed by atoms with Crippen molar-refractivity contribution in [2.24, 2.45) is 5.41 Å². The third kappa shape index (κ3) is 5.39. The molecule has 0 spiro atoms. The zero-order chi connectivity index (χ0) is 26.2. The standard InChI is InChI=1S/C26H23ClF3N5O2/c27-23-20-15-32-34(16-25(11-12-25)14-21(36)31-13-10-17-4-2-1-3-5-17)24(37)22(20)33-35(23)19-8-6-18(7-9-19)26(28,29)30/h1-9,15H,10-14,16H2,(H,31,36). The first kappa shape index (κ1) is 25.0. The maximum absolute atomic E-state index is 13.1. The first-order valence-electron chi connectivity index (χ1n) is 11.8. The van der Waals surface area contributed by atoms with Gasteiger partial charge in [0.25, 0.3) is 5.56 Å². The lowest BCUT2D eigenvalue weighted by Crippen LogP contribution is -2.32. The van der Waals surface area contributed by atoms with Crippen LogP contribution in [0.15, 0.2) is 65.6 Å². The number of amides is 1. The van der Waals surface area contributed by atoms with Crippen LogP contribution < -0.4 is 10.9 Å². The number of aromatic nitrogens is 4. The molecule has 2 aromatic heterocycles. The van der Waals surface area contributed by atoms with E-state index in [9.17, 15) is 22.8 Å². The summed E-state index contributed by atoms with van der Waals surface area (Å²) >= 11 is 6.39. The van der Waals surface area contributed by atoms with E-state index in [2.05, 4.69) is 15.5 Å². The maximum atomic E-state index is 13.1. The molecule has 37 heavy (non-hydrogen) atoms. The highest BCUT2D eigenvalue weighted by atomic mass is 35.5. The molecule has 7 nitrogen and oxygen atoms in total. The van der Waals surface area contributed by atoms with Gasteiger partial charge in [0.05, 0.1) is 29.4 Å². The van der Waals surface area contributed by atoms with Crippen molar-refractivity contribution >= 4 is 28.4 Å². The summed E-state index contributed by atoms with van der Waals surface area (Å²) in [5, 5.41) is 11.8. The van der Waals surface area contributed by atoms with Gasteiger partial charge in [-0.25, -0.2) is 9.36 Å². The van der Waals surface area contributed by atoms with Crippen LogP contribution in [0.5, 0.6) is 0 Å². The van der Waals surface area contributed by atoms with Crippen molar-refractivity contribution in [1.29, 1.82) is 0 Å². The second-order valence-corrected chi connectivity index (χ2v) is 9.74. The topological polar surface area (TPSA) is 81.8 Å². The maximum Gasteiger partial charge on any atom is 0.416 e. The molecule has 2 aromatic carbocycles. The first-order valence-corrected chi connectivity index (χ1v) is 12.2. The molecule has 0 aliphatic heterocycles. The third-order valence-corrected chi connectivity index (χ3v) is 6.99. The summed E-state index contributed by atoms with van der Waals surface area (Å²) in [6.07, 6.45) is -0.429. The minimum Gasteiger partial charge on any atom is -0.356 e. The van der Waals surface area contributed by atoms with E-state index in [1.54, 1.807) is 0 Å². The van der Waals surface area contributed by atoms with Crippen LogP contribution in [0.2, 0.25) is 5.15 Å². The number of nitrogens with zero attached hydrogens (tertiary/aromatic N) is 4. The Hall–Kier alpha value is -3.66. The number of alkyl halides is 3. The van der Waals surface area contributed by atoms with Crippen LogP contribution in [-0.4, -0.2) is 32.0 Å². The number of nitrogens with one attached hydrogen (secondary N) is 1. The molecule has 4 aromatic rings. The molecule has 1 aliphatic rings. The third-order valence-electron chi connectivity index (χ3n) is 6.62. The summed E-state index contributed by atoms with van der Waals surface area (Å²) in [6, 6.07) is 14.2. The van der Waals surface area contributed by atoms with Crippen LogP contribution in [0.1, 0.15) is 30.4 Å². The number of rotatable bonds is 8. The number of hydrogen-bond donors (Lipinski definition) is 1. The van der Waals surface area contributed by atoms with Crippen molar-refractivity contribution in [1.82, 2.24) is 24.9 Å². The number of carbonyl (C=O) groups is 1. The van der Waals surface area contributed by atoms with E-state index in [0.29, 0.717) is 11.9 Å². The predicted molar refractivity (Wildman–Crippen MR) is 133 cm³/mol. The van der Waals surface area contributed by atoms with E-state index in [0.717, 1.165) is 37.0 Å². The predicted octanol–water partition coefficient (Wildman–Crippen LogP) is 4.78. The van der Waals surface area contributed by atoms with Crippen molar-refractivity contribution in [2.75, 3.05) is 6.54 Å². The quantitative estimate of drug-likeness (QED) is 0.356. The van der Waals surface area contributed by atoms with Crippen molar-refractivity contribution in [2.45, 2.75) is 38.4 Å². The lowest BCUT2D eigenvalue weighted by atomic mass is 10.0. The molecule has 0 saturated heterocycles. The lowest BCUT2D eigenvalue weighted by molar-refractivity contribution is -0.137. The Morgan fingerprint density at radius 3 is 2.43 bits per heavy atom. The van der Waals surface area contributed by atoms with E-state index in [4.69, 9.17) is 11.6 Å². The fraction of sp³-hybridized carbons (Fsp3) is 0.308. The Labute approximate surface area is 214 Å². The molecule has 1 amide bonds. The largest absolute Gasteiger partial charge is 0.416 e. The minimum absolute atomic E-state index is 0.0583. The number of benzene rings is 2. The van der Waals surface area contributed by atoms with E-state index in [1.165, 1.54) is 27.7 Å². The molecule has 1 saturated carbocycles. The van der Waals surface area contributed by atoms with Crippen LogP contribution >= 0.6 is 11.6 Å². The molecule has 1 fully saturated rings. The van der Waals surface area contributed by atoms with Crippen LogP contribution in [0.3, 0.4) is 0 Å². The fourth-order valence-corrected chi connectivity index (χ4v) is 4.61. The zero-order valence-electron chi connectivity index (χ0n) is 19.6. The van der Waals surface area contributed by atoms with Crippen LogP contribution in [0.25, 0.3) is 16.6 Å². The molecule has 0 radical (unpaired) electrons. The van der Waals surface area contributed by atoms with Crippen molar-refractivity contribution < 1.29 is 18.0 Å². The molecule has 1 N–H and O–H groups in total. The normalized spacial score (nSPS) is 14.6. The number of fused-ring (bicyclic) bond motifs is 1. The van der Waals surface area contributed by atoms with Gasteiger partial charge in [-0.15, -0.1) is 0 Å². The molecule has 0 bridgehead atoms. The van der Waals surface area contributed by atoms with Crippen molar-refractivity contribution in [3.63, 3.8) is 0 Å². The molecule has 192 valence electrons. The van der Waals surface area contributed by atoms with Crippen molar-refractivity contribution in [3.8, 4) is 5.69 Å². The van der Waals surface area contributed by atoms with Crippen LogP contribution in [-0.2, 0) is 23.9 Å². The Kier molecular flexibility index (Phi) is 6.53. The molecular formula is C26H23ClF3N5O2. The lowest BCUT2D eigenvalue weighted by Gasteiger charge is -2.15. The van der Waals surface area contributed by atoms with Gasteiger partial charge in [-0.2, -0.15) is 23.4 Å². The minimum atomic E-state index is -4.47. The highest BCUT2D eigenvalue weighted by molar-refractivity contribution is 6.34. The summed E-state index contributed by atoms with van der Waals surface area (Å²) < 4.78 is 41.2. The van der Waals surface area contributed by atoms with E-state index < -0.39 is 17.3 Å². The van der Waals surface area contributed by atoms with Gasteiger partial charge in [0.2, 0.25) is 5.91 Å². The van der Waals surface area contributed by atoms with Crippen LogP contribution in [0.4, 0.5) is 13.2 Å². The molecular weight excluding hydrogens is 507 g/mol. The summed E-state index contributed by atoms with van der Waals surface area (Å²) in [7, 11) is 0. The highest BCUT2D eigenvalue weighted by Crippen LogP contribution is 2.50. The van der Waals surface area contributed by atoms with E-state index >= 15 is 0 Å². The average molecular weight is 530 g/mol. The first-order chi connectivity index (χ1) is 17.7. The summed E-state index contributed by atoms with van der Waals surface area (Å²) in [6.45, 7) is 0.793. The van der Waals surface area contributed by atoms with E-state index in [-0.39, 0.29) is 40.6 Å². The molecule has 5 rings (SSSR count). The fourth-order valence-electron chi connectivity index (χ4n) is 4.34. The molecule has 0 atom stereocenters. The molecule has 2 heterocycles. The van der Waals surface area contributed by atoms with Gasteiger partial charge in [-0.1, -0.05) is 41.9 Å². The number of carbonyl (C=O) groups excluding carboxylic acids is 1. The Morgan fingerprint density at radius 2 is 1.78 bits per heavy atom. The molecule has 0 unspecified atom stereocenters. The second kappa shape index (κ2) is 9.66. The summed E-state index contributed by atoms with van der Waals surface area (Å²) in [5.41, 5.74) is -0.134. The van der Waals surface area contributed by atoms with Crippen LogP contribution in [0, 0.1) is 5.41 Å². The smallest absolute Gasteiger partial charge is 0.356 e. The Balaban J connectivity index is 1.29. The van der Waals surface area contributed by atoms with Gasteiger partial charge in [-0.3, -0.25) is 9.59 Å². The van der Waals surface area contributed by atoms with Gasteiger partial charge in [0.15, 0.2) is 5.52 Å². The molecule has 11 heteroatoms. The highest BCUT2D eigenvalue weighted by Gasteiger charge is 2.45. The Bertz CT molecular complexity index is 1490. The zero-order valence-corrected chi connectivity index (χ0v) is 20.4. The SMILES string of the molecule is O=C(CC1(Cn2ncc3c(Cl)n(-c4ccc(C(F)(F)F)cc4)nc3c2=O)CC1)NCCc1ccccc1. The van der Waals surface area contributed by atoms with Gasteiger partial charge in [0, 0.05) is 13.0 Å². The summed E-state index contributed by atoms with van der Waals surface area (Å²) in [5.74, 6) is -0.0721. The van der Waals surface area contributed by atoms with E-state index in [1.807, 2.05) is 30.3 Å². The van der Waals surface area contributed by atoms with Crippen molar-refractivity contribution in [3.05, 3.63) is 87.4 Å². The van der Waals surface area contributed by atoms with Gasteiger partial charge in [0.1, 0.15) is 5.15 Å². The summed E-state index contributed by atoms with van der Waals surface area (Å²) in [4.78, 5) is 25.7. The Morgan fingerprint density at radius 1 is 1.08 bits per heavy atom.